The van der Waals surface area contributed by atoms with Crippen LogP contribution in [0, 0.1) is 0 Å². The molecule has 1 aliphatic rings. The van der Waals surface area contributed by atoms with E-state index in [0.29, 0.717) is 43.2 Å². The van der Waals surface area contributed by atoms with Crippen molar-refractivity contribution in [3.05, 3.63) is 59.6 Å². The van der Waals surface area contributed by atoms with E-state index in [0.717, 1.165) is 5.56 Å². The Hall–Kier alpha value is -2.82. The molecule has 1 amide bonds. The number of amides is 1. The van der Waals surface area contributed by atoms with Crippen molar-refractivity contribution in [3.8, 4) is 11.4 Å². The van der Waals surface area contributed by atoms with Crippen LogP contribution in [0.2, 0.25) is 5.02 Å². The predicted molar refractivity (Wildman–Crippen MR) is 124 cm³/mol. The minimum absolute atomic E-state index is 0.0954. The maximum Gasteiger partial charge on any atom is 0.249 e. The molecule has 9 nitrogen and oxygen atoms in total. The zero-order valence-corrected chi connectivity index (χ0v) is 19.7. The maximum atomic E-state index is 13.2. The lowest BCUT2D eigenvalue weighted by atomic mass is 10.0. The second-order valence-corrected chi connectivity index (χ2v) is 10.0. The Bertz CT molecular complexity index is 1190. The minimum Gasteiger partial charge on any atom is -0.341 e. The van der Waals surface area contributed by atoms with E-state index in [4.69, 9.17) is 11.6 Å². The number of likely N-dealkylation sites (tertiary alicyclic amines) is 1. The van der Waals surface area contributed by atoms with Gasteiger partial charge in [-0.05, 0) is 60.9 Å². The number of nitrogens with zero attached hydrogens (tertiary/aromatic N) is 5. The van der Waals surface area contributed by atoms with Crippen molar-refractivity contribution in [1.29, 1.82) is 0 Å². The van der Waals surface area contributed by atoms with Crippen LogP contribution in [0.25, 0.3) is 11.4 Å². The first-order valence-electron chi connectivity index (χ1n) is 10.8. The number of aromatic nitrogens is 4. The molecule has 1 atom stereocenters. The van der Waals surface area contributed by atoms with E-state index in [9.17, 15) is 13.2 Å². The van der Waals surface area contributed by atoms with E-state index in [1.165, 1.54) is 4.80 Å². The van der Waals surface area contributed by atoms with Gasteiger partial charge in [0.2, 0.25) is 21.8 Å². The number of sulfonamides is 1. The topological polar surface area (TPSA) is 110 Å². The van der Waals surface area contributed by atoms with Crippen molar-refractivity contribution in [2.75, 3.05) is 13.1 Å². The molecule has 11 heteroatoms. The van der Waals surface area contributed by atoms with Gasteiger partial charge in [0, 0.05) is 29.7 Å². The van der Waals surface area contributed by atoms with Gasteiger partial charge in [-0.15, -0.1) is 10.2 Å². The van der Waals surface area contributed by atoms with Crippen molar-refractivity contribution in [1.82, 2.24) is 29.8 Å². The highest BCUT2D eigenvalue weighted by atomic mass is 35.5. The number of rotatable bonds is 7. The number of benzene rings is 2. The minimum atomic E-state index is -3.58. The lowest BCUT2D eigenvalue weighted by Crippen LogP contribution is -2.48. The van der Waals surface area contributed by atoms with Gasteiger partial charge in [0.1, 0.15) is 0 Å². The molecule has 2 heterocycles. The van der Waals surface area contributed by atoms with Gasteiger partial charge in [0.25, 0.3) is 0 Å². The number of hydrogen-bond donors (Lipinski definition) is 1. The highest BCUT2D eigenvalue weighted by Gasteiger charge is 2.31. The van der Waals surface area contributed by atoms with Gasteiger partial charge in [0.05, 0.1) is 4.90 Å². The summed E-state index contributed by atoms with van der Waals surface area (Å²) in [4.78, 5) is 16.5. The van der Waals surface area contributed by atoms with Gasteiger partial charge in [-0.1, -0.05) is 36.7 Å². The fourth-order valence-electron chi connectivity index (χ4n) is 3.82. The summed E-state index contributed by atoms with van der Waals surface area (Å²) in [5.74, 6) is 0.328. The second-order valence-electron chi connectivity index (χ2n) is 7.90. The highest BCUT2D eigenvalue weighted by Crippen LogP contribution is 2.21. The number of halogens is 1. The van der Waals surface area contributed by atoms with Gasteiger partial charge >= 0.3 is 0 Å². The van der Waals surface area contributed by atoms with Gasteiger partial charge in [-0.2, -0.15) is 4.80 Å². The molecule has 0 spiro atoms. The van der Waals surface area contributed by atoms with Crippen molar-refractivity contribution in [2.45, 2.75) is 43.2 Å². The lowest BCUT2D eigenvalue weighted by molar-refractivity contribution is -0.136. The molecular formula is C22H25ClN6O3S. The Kier molecular flexibility index (Phi) is 7.06. The fourth-order valence-corrected chi connectivity index (χ4v) is 5.28. The SMILES string of the molecule is CCC(C(=O)N1CCC(NS(=O)(=O)c2ccccc2)CC1)n1nnc(-c2ccc(Cl)cc2)n1. The third kappa shape index (κ3) is 5.40. The molecule has 1 fully saturated rings. The Morgan fingerprint density at radius 2 is 1.79 bits per heavy atom. The van der Waals surface area contributed by atoms with E-state index in [2.05, 4.69) is 20.1 Å². The summed E-state index contributed by atoms with van der Waals surface area (Å²) in [6.45, 7) is 2.81. The van der Waals surface area contributed by atoms with Crippen LogP contribution in [0.4, 0.5) is 0 Å². The Balaban J connectivity index is 1.38. The quantitative estimate of drug-likeness (QED) is 0.547. The Labute approximate surface area is 197 Å². The third-order valence-electron chi connectivity index (χ3n) is 5.66. The predicted octanol–water partition coefficient (Wildman–Crippen LogP) is 2.91. The van der Waals surface area contributed by atoms with Crippen molar-refractivity contribution < 1.29 is 13.2 Å². The molecule has 0 bridgehead atoms. The zero-order chi connectivity index (χ0) is 23.4. The molecule has 0 radical (unpaired) electrons. The standard InChI is InChI=1S/C22H25ClN6O3S/c1-2-20(29-25-21(24-27-29)16-8-10-17(23)11-9-16)22(30)28-14-12-18(13-15-28)26-33(31,32)19-6-4-3-5-7-19/h3-11,18,20,26H,2,12-15H2,1H3. The molecule has 174 valence electrons. The molecule has 1 aliphatic heterocycles. The van der Waals surface area contributed by atoms with Crippen molar-refractivity contribution >= 4 is 27.5 Å². The number of hydrogen-bond acceptors (Lipinski definition) is 6. The van der Waals surface area contributed by atoms with Crippen LogP contribution in [-0.2, 0) is 14.8 Å². The monoisotopic (exact) mass is 488 g/mol. The summed E-state index contributed by atoms with van der Waals surface area (Å²) >= 11 is 5.93. The largest absolute Gasteiger partial charge is 0.341 e. The van der Waals surface area contributed by atoms with Crippen LogP contribution in [-0.4, -0.2) is 58.6 Å². The first kappa shape index (κ1) is 23.3. The summed E-state index contributed by atoms with van der Waals surface area (Å²) in [5, 5.41) is 13.2. The molecule has 3 aromatic rings. The van der Waals surface area contributed by atoms with Crippen LogP contribution in [0.3, 0.4) is 0 Å². The van der Waals surface area contributed by atoms with Gasteiger partial charge in [-0.3, -0.25) is 4.79 Å². The second kappa shape index (κ2) is 9.98. The van der Waals surface area contributed by atoms with Crippen LogP contribution in [0.5, 0.6) is 0 Å². The van der Waals surface area contributed by atoms with Crippen LogP contribution in [0.1, 0.15) is 32.2 Å². The molecule has 4 rings (SSSR count). The smallest absolute Gasteiger partial charge is 0.249 e. The van der Waals surface area contributed by atoms with Crippen LogP contribution >= 0.6 is 11.6 Å². The third-order valence-corrected chi connectivity index (χ3v) is 7.45. The molecule has 0 aliphatic carbocycles. The Morgan fingerprint density at radius 3 is 2.42 bits per heavy atom. The number of tetrazole rings is 1. The summed E-state index contributed by atoms with van der Waals surface area (Å²) in [6, 6.07) is 14.6. The summed E-state index contributed by atoms with van der Waals surface area (Å²) in [6.07, 6.45) is 1.58. The maximum absolute atomic E-state index is 13.2. The van der Waals surface area contributed by atoms with E-state index in [-0.39, 0.29) is 16.8 Å². The lowest BCUT2D eigenvalue weighted by Gasteiger charge is -2.33. The first-order chi connectivity index (χ1) is 15.9. The molecule has 1 aromatic heterocycles. The summed E-state index contributed by atoms with van der Waals surface area (Å²) in [5.41, 5.74) is 0.763. The summed E-state index contributed by atoms with van der Waals surface area (Å²) in [7, 11) is -3.58. The van der Waals surface area contributed by atoms with E-state index >= 15 is 0 Å². The zero-order valence-electron chi connectivity index (χ0n) is 18.1. The van der Waals surface area contributed by atoms with E-state index in [1.54, 1.807) is 59.5 Å². The number of nitrogens with one attached hydrogen (secondary N) is 1. The first-order valence-corrected chi connectivity index (χ1v) is 12.6. The van der Waals surface area contributed by atoms with Crippen molar-refractivity contribution in [2.24, 2.45) is 0 Å². The fraction of sp³-hybridized carbons (Fsp3) is 0.364. The van der Waals surface area contributed by atoms with Crippen LogP contribution in [0.15, 0.2) is 59.5 Å². The number of carbonyl (C=O) groups excluding carboxylic acids is 1. The Morgan fingerprint density at radius 1 is 1.12 bits per heavy atom. The van der Waals surface area contributed by atoms with E-state index in [1.807, 2.05) is 6.92 Å². The van der Waals surface area contributed by atoms with Crippen LogP contribution < -0.4 is 4.72 Å². The van der Waals surface area contributed by atoms with Gasteiger partial charge < -0.3 is 4.90 Å². The van der Waals surface area contributed by atoms with E-state index < -0.39 is 16.1 Å². The average molecular weight is 489 g/mol. The molecule has 2 aromatic carbocycles. The number of piperidine rings is 1. The molecule has 1 N–H and O–H groups in total. The summed E-state index contributed by atoms with van der Waals surface area (Å²) < 4.78 is 27.9. The molecule has 1 saturated heterocycles. The highest BCUT2D eigenvalue weighted by molar-refractivity contribution is 7.89. The average Bonchev–Trinajstić information content (AvgIpc) is 3.30. The normalized spacial score (nSPS) is 16.0. The number of carbonyl (C=O) groups is 1. The molecule has 1 unspecified atom stereocenters. The molecule has 0 saturated carbocycles. The van der Waals surface area contributed by atoms with Crippen molar-refractivity contribution in [3.63, 3.8) is 0 Å². The molecular weight excluding hydrogens is 464 g/mol. The van der Waals surface area contributed by atoms with Gasteiger partial charge in [0.15, 0.2) is 6.04 Å². The van der Waals surface area contributed by atoms with Gasteiger partial charge in [-0.25, -0.2) is 13.1 Å². The molecule has 33 heavy (non-hydrogen) atoms.